The first kappa shape index (κ1) is 12.9. The van der Waals surface area contributed by atoms with Gasteiger partial charge in [-0.25, -0.2) is 0 Å². The lowest BCUT2D eigenvalue weighted by molar-refractivity contribution is 0.325. The monoisotopic (exact) mass is 265 g/mol. The number of nitrogens with one attached hydrogen (secondary N) is 2. The first-order chi connectivity index (χ1) is 9.26. The lowest BCUT2D eigenvalue weighted by atomic mass is 10.3. The Kier molecular flexibility index (Phi) is 3.70. The van der Waals surface area contributed by atoms with E-state index in [1.54, 1.807) is 0 Å². The Morgan fingerprint density at radius 3 is 2.95 bits per heavy atom. The van der Waals surface area contributed by atoms with E-state index in [0.29, 0.717) is 17.9 Å². The van der Waals surface area contributed by atoms with Crippen LogP contribution in [0.4, 0.5) is 6.01 Å². The Bertz CT molecular complexity index is 417. The number of rotatable bonds is 6. The van der Waals surface area contributed by atoms with Gasteiger partial charge in [0.15, 0.2) is 0 Å². The molecule has 1 aliphatic heterocycles. The van der Waals surface area contributed by atoms with Crippen LogP contribution < -0.4 is 10.6 Å². The predicted octanol–water partition coefficient (Wildman–Crippen LogP) is 1.39. The maximum Gasteiger partial charge on any atom is 0.315 e. The van der Waals surface area contributed by atoms with Crippen molar-refractivity contribution in [2.24, 2.45) is 0 Å². The molecule has 1 saturated heterocycles. The van der Waals surface area contributed by atoms with Gasteiger partial charge < -0.3 is 15.1 Å². The zero-order chi connectivity index (χ0) is 13.2. The van der Waals surface area contributed by atoms with Gasteiger partial charge in [-0.3, -0.25) is 4.90 Å². The Morgan fingerprint density at radius 2 is 2.21 bits per heavy atom. The van der Waals surface area contributed by atoms with E-state index in [9.17, 15) is 0 Å². The summed E-state index contributed by atoms with van der Waals surface area (Å²) in [7, 11) is 0. The highest BCUT2D eigenvalue weighted by atomic mass is 16.4. The van der Waals surface area contributed by atoms with E-state index < -0.39 is 0 Å². The molecule has 0 spiro atoms. The Morgan fingerprint density at radius 1 is 1.37 bits per heavy atom. The van der Waals surface area contributed by atoms with E-state index in [4.69, 9.17) is 4.42 Å². The molecule has 1 aliphatic carbocycles. The van der Waals surface area contributed by atoms with E-state index in [1.165, 1.54) is 19.4 Å². The fourth-order valence-electron chi connectivity index (χ4n) is 2.71. The average molecular weight is 265 g/mol. The van der Waals surface area contributed by atoms with E-state index in [-0.39, 0.29) is 6.04 Å². The fraction of sp³-hybridized carbons (Fsp3) is 0.846. The molecular formula is C13H23N5O. The molecule has 2 N–H and O–H groups in total. The first-order valence-electron chi connectivity index (χ1n) is 7.33. The van der Waals surface area contributed by atoms with Crippen molar-refractivity contribution in [3.05, 3.63) is 5.89 Å². The van der Waals surface area contributed by atoms with Gasteiger partial charge >= 0.3 is 6.01 Å². The minimum absolute atomic E-state index is 0.111. The zero-order valence-corrected chi connectivity index (χ0v) is 11.7. The van der Waals surface area contributed by atoms with Crippen LogP contribution in [0.3, 0.4) is 0 Å². The highest BCUT2D eigenvalue weighted by molar-refractivity contribution is 5.21. The highest BCUT2D eigenvalue weighted by Crippen LogP contribution is 2.30. The molecule has 1 saturated carbocycles. The Labute approximate surface area is 113 Å². The first-order valence-corrected chi connectivity index (χ1v) is 7.33. The van der Waals surface area contributed by atoms with Crippen molar-refractivity contribution in [2.45, 2.75) is 51.2 Å². The standard InChI is InChI=1S/C13H23N5O/c1-3-14-9(2)12-16-17-13(19-12)15-10-6-7-18(8-10)11-4-5-11/h9-11,14H,3-8H2,1-2H3,(H,15,17). The average Bonchev–Trinajstić information content (AvgIpc) is 2.97. The number of anilines is 1. The molecule has 6 nitrogen and oxygen atoms in total. The molecule has 19 heavy (non-hydrogen) atoms. The molecule has 0 bridgehead atoms. The van der Waals surface area contributed by atoms with Gasteiger partial charge in [-0.1, -0.05) is 12.0 Å². The van der Waals surface area contributed by atoms with Gasteiger partial charge in [-0.05, 0) is 32.7 Å². The predicted molar refractivity (Wildman–Crippen MR) is 73.0 cm³/mol. The van der Waals surface area contributed by atoms with Gasteiger partial charge in [0.2, 0.25) is 5.89 Å². The van der Waals surface area contributed by atoms with Crippen molar-refractivity contribution in [3.8, 4) is 0 Å². The minimum Gasteiger partial charge on any atom is -0.406 e. The van der Waals surface area contributed by atoms with Crippen molar-refractivity contribution in [1.29, 1.82) is 0 Å². The topological polar surface area (TPSA) is 66.2 Å². The third kappa shape index (κ3) is 3.06. The molecule has 2 fully saturated rings. The summed E-state index contributed by atoms with van der Waals surface area (Å²) in [6.45, 7) is 7.29. The van der Waals surface area contributed by atoms with Crippen LogP contribution in [-0.2, 0) is 0 Å². The molecular weight excluding hydrogens is 242 g/mol. The summed E-state index contributed by atoms with van der Waals surface area (Å²) in [5.74, 6) is 0.654. The van der Waals surface area contributed by atoms with Crippen LogP contribution in [0.5, 0.6) is 0 Å². The van der Waals surface area contributed by atoms with Crippen molar-refractivity contribution in [1.82, 2.24) is 20.4 Å². The SMILES string of the molecule is CCNC(C)c1nnc(NC2CCN(C3CC3)C2)o1. The Balaban J connectivity index is 1.52. The van der Waals surface area contributed by atoms with Crippen molar-refractivity contribution in [2.75, 3.05) is 25.0 Å². The van der Waals surface area contributed by atoms with Gasteiger partial charge in [0.05, 0.1) is 6.04 Å². The lowest BCUT2D eigenvalue weighted by Gasteiger charge is -2.14. The van der Waals surface area contributed by atoms with E-state index in [1.807, 2.05) is 6.92 Å². The van der Waals surface area contributed by atoms with E-state index in [0.717, 1.165) is 25.6 Å². The maximum absolute atomic E-state index is 5.66. The largest absolute Gasteiger partial charge is 0.406 e. The summed E-state index contributed by atoms with van der Waals surface area (Å²) in [6.07, 6.45) is 3.91. The summed E-state index contributed by atoms with van der Waals surface area (Å²) >= 11 is 0. The fourth-order valence-corrected chi connectivity index (χ4v) is 2.71. The van der Waals surface area contributed by atoms with E-state index >= 15 is 0 Å². The number of aromatic nitrogens is 2. The van der Waals surface area contributed by atoms with Gasteiger partial charge in [-0.2, -0.15) is 0 Å². The number of hydrogen-bond donors (Lipinski definition) is 2. The molecule has 6 heteroatoms. The maximum atomic E-state index is 5.66. The van der Waals surface area contributed by atoms with Crippen molar-refractivity contribution in [3.63, 3.8) is 0 Å². The third-order valence-electron chi connectivity index (χ3n) is 3.93. The van der Waals surface area contributed by atoms with Crippen LogP contribution in [0, 0.1) is 0 Å². The summed E-state index contributed by atoms with van der Waals surface area (Å²) in [4.78, 5) is 2.57. The molecule has 0 radical (unpaired) electrons. The van der Waals surface area contributed by atoms with Crippen LogP contribution in [0.25, 0.3) is 0 Å². The number of nitrogens with zero attached hydrogens (tertiary/aromatic N) is 3. The van der Waals surface area contributed by atoms with Crippen LogP contribution in [-0.4, -0.2) is 46.8 Å². The molecule has 1 aromatic heterocycles. The molecule has 0 amide bonds. The second-order valence-corrected chi connectivity index (χ2v) is 5.58. The van der Waals surface area contributed by atoms with Crippen molar-refractivity contribution < 1.29 is 4.42 Å². The molecule has 106 valence electrons. The molecule has 3 rings (SSSR count). The summed E-state index contributed by atoms with van der Waals surface area (Å²) in [6, 6.07) is 1.96. The van der Waals surface area contributed by atoms with Crippen LogP contribution in [0.15, 0.2) is 4.42 Å². The molecule has 2 aliphatic rings. The molecule has 2 atom stereocenters. The molecule has 0 aromatic carbocycles. The second kappa shape index (κ2) is 5.46. The summed E-state index contributed by atoms with van der Waals surface area (Å²) < 4.78 is 5.66. The highest BCUT2D eigenvalue weighted by Gasteiger charge is 2.34. The minimum atomic E-state index is 0.111. The summed E-state index contributed by atoms with van der Waals surface area (Å²) in [5.41, 5.74) is 0. The van der Waals surface area contributed by atoms with Gasteiger partial charge in [0.25, 0.3) is 0 Å². The molecule has 2 heterocycles. The van der Waals surface area contributed by atoms with Crippen LogP contribution in [0.2, 0.25) is 0 Å². The van der Waals surface area contributed by atoms with Gasteiger partial charge in [0.1, 0.15) is 0 Å². The van der Waals surface area contributed by atoms with Crippen molar-refractivity contribution >= 4 is 6.01 Å². The van der Waals surface area contributed by atoms with Crippen LogP contribution in [0.1, 0.15) is 45.0 Å². The Hall–Kier alpha value is -1.14. The number of likely N-dealkylation sites (tertiary alicyclic amines) is 1. The number of hydrogen-bond acceptors (Lipinski definition) is 6. The quantitative estimate of drug-likeness (QED) is 0.810. The van der Waals surface area contributed by atoms with Gasteiger partial charge in [0, 0.05) is 25.2 Å². The zero-order valence-electron chi connectivity index (χ0n) is 11.7. The smallest absolute Gasteiger partial charge is 0.315 e. The second-order valence-electron chi connectivity index (χ2n) is 5.58. The van der Waals surface area contributed by atoms with Crippen LogP contribution >= 0.6 is 0 Å². The normalized spacial score (nSPS) is 25.7. The lowest BCUT2D eigenvalue weighted by Crippen LogP contribution is -2.27. The van der Waals surface area contributed by atoms with Gasteiger partial charge in [-0.15, -0.1) is 5.10 Å². The summed E-state index contributed by atoms with van der Waals surface area (Å²) in [5, 5.41) is 14.8. The molecule has 2 unspecified atom stereocenters. The third-order valence-corrected chi connectivity index (χ3v) is 3.93. The molecule has 1 aromatic rings. The van der Waals surface area contributed by atoms with E-state index in [2.05, 4.69) is 32.7 Å².